The summed E-state index contributed by atoms with van der Waals surface area (Å²) < 4.78 is 5.19. The van der Waals surface area contributed by atoms with Crippen LogP contribution in [-0.2, 0) is 4.79 Å². The fourth-order valence-electron chi connectivity index (χ4n) is 3.68. The molecule has 1 fully saturated rings. The van der Waals surface area contributed by atoms with Crippen LogP contribution in [0.2, 0.25) is 10.0 Å². The topological polar surface area (TPSA) is 109 Å². The average Bonchev–Trinajstić information content (AvgIpc) is 3.38. The van der Waals surface area contributed by atoms with E-state index in [0.29, 0.717) is 48.2 Å². The standard InChI is InChI=1S/C24H20Cl2N4O5/c25-18-6-3-16(14-21(18)30(33)34)4-8-23(31)27-17-5-7-20(19(26)15-17)28-9-11-29(12-10-28)24(32)22-2-1-13-35-22/h1-8,13-15H,9-12H2,(H,27,31)/b8-4+. The second-order valence-electron chi connectivity index (χ2n) is 7.71. The number of benzene rings is 2. The molecule has 2 heterocycles. The SMILES string of the molecule is O=C(/C=C/c1ccc(Cl)c([N+](=O)[O-])c1)Nc1ccc(N2CCN(C(=O)c3ccco3)CC2)c(Cl)c1. The summed E-state index contributed by atoms with van der Waals surface area (Å²) in [5, 5.41) is 14.2. The molecule has 1 saturated heterocycles. The number of hydrogen-bond acceptors (Lipinski definition) is 6. The maximum atomic E-state index is 12.4. The summed E-state index contributed by atoms with van der Waals surface area (Å²) in [5.41, 5.74) is 1.54. The second-order valence-corrected chi connectivity index (χ2v) is 8.53. The lowest BCUT2D eigenvalue weighted by Crippen LogP contribution is -2.48. The normalized spacial score (nSPS) is 13.8. The number of furan rings is 1. The molecular weight excluding hydrogens is 495 g/mol. The minimum absolute atomic E-state index is 0.0249. The third-order valence-corrected chi connectivity index (χ3v) is 6.07. The first kappa shape index (κ1) is 24.3. The van der Waals surface area contributed by atoms with E-state index >= 15 is 0 Å². The highest BCUT2D eigenvalue weighted by Gasteiger charge is 2.24. The van der Waals surface area contributed by atoms with Gasteiger partial charge in [-0.05, 0) is 48.0 Å². The number of piperazine rings is 1. The minimum atomic E-state index is -0.583. The van der Waals surface area contributed by atoms with Gasteiger partial charge in [0.05, 0.1) is 21.9 Å². The van der Waals surface area contributed by atoms with E-state index < -0.39 is 10.8 Å². The lowest BCUT2D eigenvalue weighted by Gasteiger charge is -2.36. The van der Waals surface area contributed by atoms with Crippen LogP contribution in [0, 0.1) is 10.1 Å². The molecule has 0 saturated carbocycles. The number of nitrogens with one attached hydrogen (secondary N) is 1. The zero-order chi connectivity index (χ0) is 24.9. The van der Waals surface area contributed by atoms with E-state index in [1.807, 2.05) is 6.07 Å². The smallest absolute Gasteiger partial charge is 0.289 e. The van der Waals surface area contributed by atoms with Crippen molar-refractivity contribution in [2.75, 3.05) is 36.4 Å². The lowest BCUT2D eigenvalue weighted by atomic mass is 10.2. The fourth-order valence-corrected chi connectivity index (χ4v) is 4.16. The number of halogens is 2. The Kier molecular flexibility index (Phi) is 7.38. The number of nitro groups is 1. The Morgan fingerprint density at radius 3 is 2.46 bits per heavy atom. The maximum Gasteiger partial charge on any atom is 0.289 e. The molecule has 2 amide bonds. The van der Waals surface area contributed by atoms with Crippen LogP contribution in [-0.4, -0.2) is 47.8 Å². The Bertz CT molecular complexity index is 1290. The van der Waals surface area contributed by atoms with Gasteiger partial charge in [-0.15, -0.1) is 0 Å². The van der Waals surface area contributed by atoms with Crippen LogP contribution in [0.15, 0.2) is 65.3 Å². The van der Waals surface area contributed by atoms with Crippen LogP contribution in [0.5, 0.6) is 0 Å². The third kappa shape index (κ3) is 5.82. The number of nitro benzene ring substituents is 1. The van der Waals surface area contributed by atoms with Crippen LogP contribution in [0.4, 0.5) is 17.1 Å². The van der Waals surface area contributed by atoms with Gasteiger partial charge in [-0.3, -0.25) is 19.7 Å². The predicted octanol–water partition coefficient (Wildman–Crippen LogP) is 5.11. The molecule has 3 aromatic rings. The Morgan fingerprint density at radius 1 is 1.03 bits per heavy atom. The van der Waals surface area contributed by atoms with Crippen molar-refractivity contribution >= 4 is 58.2 Å². The third-order valence-electron chi connectivity index (χ3n) is 5.45. The average molecular weight is 515 g/mol. The van der Waals surface area contributed by atoms with E-state index in [1.54, 1.807) is 35.2 Å². The molecule has 0 atom stereocenters. The summed E-state index contributed by atoms with van der Waals surface area (Å²) in [4.78, 5) is 39.0. The summed E-state index contributed by atoms with van der Waals surface area (Å²) in [6.07, 6.45) is 4.20. The molecule has 0 radical (unpaired) electrons. The molecule has 1 aliphatic rings. The number of anilines is 2. The first-order chi connectivity index (χ1) is 16.8. The zero-order valence-electron chi connectivity index (χ0n) is 18.3. The summed E-state index contributed by atoms with van der Waals surface area (Å²) in [5.74, 6) is -0.239. The fraction of sp³-hybridized carbons (Fsp3) is 0.167. The van der Waals surface area contributed by atoms with Gasteiger partial charge in [0.2, 0.25) is 5.91 Å². The summed E-state index contributed by atoms with van der Waals surface area (Å²) in [7, 11) is 0. The summed E-state index contributed by atoms with van der Waals surface area (Å²) in [6.45, 7) is 2.27. The van der Waals surface area contributed by atoms with E-state index in [4.69, 9.17) is 27.6 Å². The van der Waals surface area contributed by atoms with E-state index in [-0.39, 0.29) is 16.6 Å². The van der Waals surface area contributed by atoms with Gasteiger partial charge in [-0.25, -0.2) is 0 Å². The number of carbonyl (C=O) groups is 2. The molecule has 0 aliphatic carbocycles. The highest BCUT2D eigenvalue weighted by Crippen LogP contribution is 2.30. The monoisotopic (exact) mass is 514 g/mol. The van der Waals surface area contributed by atoms with Crippen molar-refractivity contribution in [2.24, 2.45) is 0 Å². The van der Waals surface area contributed by atoms with Crippen LogP contribution in [0.1, 0.15) is 16.1 Å². The number of amides is 2. The van der Waals surface area contributed by atoms with Gasteiger partial charge in [-0.1, -0.05) is 29.3 Å². The minimum Gasteiger partial charge on any atom is -0.459 e. The van der Waals surface area contributed by atoms with Crippen LogP contribution >= 0.6 is 23.2 Å². The van der Waals surface area contributed by atoms with E-state index in [1.165, 1.54) is 30.5 Å². The Labute approximate surface area is 210 Å². The van der Waals surface area contributed by atoms with Gasteiger partial charge in [0.15, 0.2) is 5.76 Å². The molecular formula is C24H20Cl2N4O5. The second kappa shape index (κ2) is 10.6. The lowest BCUT2D eigenvalue weighted by molar-refractivity contribution is -0.384. The molecule has 0 spiro atoms. The van der Waals surface area contributed by atoms with E-state index in [2.05, 4.69) is 10.2 Å². The largest absolute Gasteiger partial charge is 0.459 e. The Morgan fingerprint density at radius 2 is 1.80 bits per heavy atom. The van der Waals surface area contributed by atoms with E-state index in [9.17, 15) is 19.7 Å². The molecule has 9 nitrogen and oxygen atoms in total. The molecule has 2 aromatic carbocycles. The number of rotatable bonds is 6. The molecule has 1 aromatic heterocycles. The Hall–Kier alpha value is -3.82. The number of hydrogen-bond donors (Lipinski definition) is 1. The first-order valence-corrected chi connectivity index (χ1v) is 11.4. The quantitative estimate of drug-likeness (QED) is 0.278. The maximum absolute atomic E-state index is 12.4. The Balaban J connectivity index is 1.35. The van der Waals surface area contributed by atoms with E-state index in [0.717, 1.165) is 5.69 Å². The van der Waals surface area contributed by atoms with Crippen molar-refractivity contribution in [3.63, 3.8) is 0 Å². The van der Waals surface area contributed by atoms with Crippen molar-refractivity contribution in [3.8, 4) is 0 Å². The predicted molar refractivity (Wildman–Crippen MR) is 134 cm³/mol. The number of carbonyl (C=O) groups excluding carboxylic acids is 2. The highest BCUT2D eigenvalue weighted by atomic mass is 35.5. The van der Waals surface area contributed by atoms with Gasteiger partial charge >= 0.3 is 0 Å². The van der Waals surface area contributed by atoms with Crippen LogP contribution in [0.25, 0.3) is 6.08 Å². The molecule has 180 valence electrons. The van der Waals surface area contributed by atoms with Crippen molar-refractivity contribution in [3.05, 3.63) is 92.4 Å². The summed E-state index contributed by atoms with van der Waals surface area (Å²) >= 11 is 12.3. The van der Waals surface area contributed by atoms with Crippen LogP contribution < -0.4 is 10.2 Å². The first-order valence-electron chi connectivity index (χ1n) is 10.6. The van der Waals surface area contributed by atoms with Gasteiger partial charge in [0.25, 0.3) is 11.6 Å². The molecule has 11 heteroatoms. The molecule has 0 bridgehead atoms. The van der Waals surface area contributed by atoms with Crippen LogP contribution in [0.3, 0.4) is 0 Å². The zero-order valence-corrected chi connectivity index (χ0v) is 19.8. The van der Waals surface area contributed by atoms with Crippen molar-refractivity contribution in [1.29, 1.82) is 0 Å². The molecule has 0 unspecified atom stereocenters. The van der Waals surface area contributed by atoms with Gasteiger partial charge in [0.1, 0.15) is 5.02 Å². The van der Waals surface area contributed by atoms with Crippen molar-refractivity contribution < 1.29 is 18.9 Å². The van der Waals surface area contributed by atoms with Crippen molar-refractivity contribution in [2.45, 2.75) is 0 Å². The van der Waals surface area contributed by atoms with Gasteiger partial charge < -0.3 is 19.5 Å². The molecule has 35 heavy (non-hydrogen) atoms. The molecule has 4 rings (SSSR count). The van der Waals surface area contributed by atoms with Gasteiger partial charge in [-0.2, -0.15) is 0 Å². The number of nitrogens with zero attached hydrogens (tertiary/aromatic N) is 3. The summed E-state index contributed by atoms with van der Waals surface area (Å²) in [6, 6.07) is 12.8. The van der Waals surface area contributed by atoms with Crippen molar-refractivity contribution in [1.82, 2.24) is 4.90 Å². The molecule has 1 aliphatic heterocycles. The van der Waals surface area contributed by atoms with Gasteiger partial charge in [0, 0.05) is 44.0 Å². The highest BCUT2D eigenvalue weighted by molar-refractivity contribution is 6.33. The molecule has 1 N–H and O–H groups in total.